The number of ether oxygens (including phenoxy) is 2. The molecule has 0 aliphatic carbocycles. The molecule has 0 bridgehead atoms. The first-order valence-corrected chi connectivity index (χ1v) is 12.5. The highest BCUT2D eigenvalue weighted by Gasteiger charge is 2.14. The Labute approximate surface area is 214 Å². The highest BCUT2D eigenvalue weighted by atomic mass is 16.5. The molecule has 0 atom stereocenters. The molecule has 2 aliphatic heterocycles. The number of fused-ring (bicyclic) bond motifs is 1. The Kier molecular flexibility index (Phi) is 6.57. The molecule has 2 fully saturated rings. The largest absolute Gasteiger partial charge is 0.378 e. The standard InChI is InChI=1S/C27H29N7O3/c35-27-25-23(28-18-29-27)17-24(30-19-1-5-21(6-2-19)33-9-13-36-14-10-33)32-26(25)31-20-3-7-22(8-4-20)34-11-15-37-16-12-34/h1-8,17-18H,9-16H2,(H,28,29,35)(H2,30,31,32). The van der Waals surface area contributed by atoms with E-state index in [0.29, 0.717) is 22.5 Å². The minimum absolute atomic E-state index is 0.244. The molecular weight excluding hydrogens is 470 g/mol. The van der Waals surface area contributed by atoms with Crippen LogP contribution in [0, 0.1) is 0 Å². The number of nitrogens with zero attached hydrogens (tertiary/aromatic N) is 4. The van der Waals surface area contributed by atoms with Crippen LogP contribution in [-0.4, -0.2) is 67.6 Å². The Morgan fingerprint density at radius 3 is 1.86 bits per heavy atom. The van der Waals surface area contributed by atoms with E-state index in [0.717, 1.165) is 75.4 Å². The Balaban J connectivity index is 1.25. The van der Waals surface area contributed by atoms with Crippen LogP contribution in [0.2, 0.25) is 0 Å². The maximum Gasteiger partial charge on any atom is 0.262 e. The normalized spacial score (nSPS) is 16.1. The highest BCUT2D eigenvalue weighted by Crippen LogP contribution is 2.28. The summed E-state index contributed by atoms with van der Waals surface area (Å²) in [7, 11) is 0. The van der Waals surface area contributed by atoms with E-state index < -0.39 is 0 Å². The van der Waals surface area contributed by atoms with Crippen LogP contribution in [-0.2, 0) is 9.47 Å². The quantitative estimate of drug-likeness (QED) is 0.367. The molecule has 37 heavy (non-hydrogen) atoms. The van der Waals surface area contributed by atoms with Crippen molar-refractivity contribution >= 4 is 45.3 Å². The van der Waals surface area contributed by atoms with Crippen LogP contribution in [0.15, 0.2) is 65.7 Å². The van der Waals surface area contributed by atoms with Crippen molar-refractivity contribution < 1.29 is 9.47 Å². The number of aromatic nitrogens is 3. The molecule has 0 saturated carbocycles. The van der Waals surface area contributed by atoms with Crippen molar-refractivity contribution in [2.24, 2.45) is 0 Å². The van der Waals surface area contributed by atoms with Gasteiger partial charge >= 0.3 is 0 Å². The minimum atomic E-state index is -0.244. The van der Waals surface area contributed by atoms with Gasteiger partial charge in [0.05, 0.1) is 38.3 Å². The van der Waals surface area contributed by atoms with E-state index in [-0.39, 0.29) is 5.56 Å². The molecule has 0 spiro atoms. The van der Waals surface area contributed by atoms with Gasteiger partial charge in [-0.15, -0.1) is 0 Å². The first-order valence-electron chi connectivity index (χ1n) is 12.5. The van der Waals surface area contributed by atoms with Crippen molar-refractivity contribution in [3.05, 3.63) is 71.3 Å². The van der Waals surface area contributed by atoms with Gasteiger partial charge in [-0.2, -0.15) is 0 Å². The van der Waals surface area contributed by atoms with Crippen molar-refractivity contribution in [3.63, 3.8) is 0 Å². The van der Waals surface area contributed by atoms with Crippen LogP contribution < -0.4 is 26.0 Å². The molecule has 6 rings (SSSR count). The molecule has 0 amide bonds. The minimum Gasteiger partial charge on any atom is -0.378 e. The van der Waals surface area contributed by atoms with Gasteiger partial charge in [0, 0.05) is 55.0 Å². The van der Waals surface area contributed by atoms with E-state index >= 15 is 0 Å². The van der Waals surface area contributed by atoms with Gasteiger partial charge in [0.2, 0.25) is 0 Å². The van der Waals surface area contributed by atoms with Gasteiger partial charge in [-0.1, -0.05) is 0 Å². The Morgan fingerprint density at radius 1 is 0.757 bits per heavy atom. The fourth-order valence-electron chi connectivity index (χ4n) is 4.68. The predicted octanol–water partition coefficient (Wildman–Crippen LogP) is 3.48. The van der Waals surface area contributed by atoms with E-state index in [1.54, 1.807) is 6.07 Å². The molecule has 0 radical (unpaired) electrons. The number of aromatic amines is 1. The molecule has 10 nitrogen and oxygen atoms in total. The predicted molar refractivity (Wildman–Crippen MR) is 146 cm³/mol. The third-order valence-electron chi connectivity index (χ3n) is 6.65. The molecule has 4 aromatic rings. The van der Waals surface area contributed by atoms with E-state index in [1.165, 1.54) is 6.33 Å². The first kappa shape index (κ1) is 23.3. The van der Waals surface area contributed by atoms with Gasteiger partial charge in [-0.05, 0) is 48.5 Å². The lowest BCUT2D eigenvalue weighted by molar-refractivity contribution is 0.122. The fraction of sp³-hybridized carbons (Fsp3) is 0.296. The second-order valence-corrected chi connectivity index (χ2v) is 9.02. The van der Waals surface area contributed by atoms with E-state index in [2.05, 4.69) is 54.7 Å². The molecular formula is C27H29N7O3. The molecule has 2 aromatic heterocycles. The zero-order valence-electron chi connectivity index (χ0n) is 20.4. The molecule has 4 heterocycles. The molecule has 0 unspecified atom stereocenters. The van der Waals surface area contributed by atoms with Gasteiger partial charge in [0.15, 0.2) is 0 Å². The van der Waals surface area contributed by atoms with Crippen molar-refractivity contribution in [2.45, 2.75) is 0 Å². The summed E-state index contributed by atoms with van der Waals surface area (Å²) < 4.78 is 10.9. The number of rotatable bonds is 6. The van der Waals surface area contributed by atoms with Gasteiger partial charge in [-0.25, -0.2) is 9.97 Å². The second kappa shape index (κ2) is 10.5. The van der Waals surface area contributed by atoms with Crippen LogP contribution in [0.3, 0.4) is 0 Å². The van der Waals surface area contributed by atoms with Crippen LogP contribution in [0.1, 0.15) is 0 Å². The number of benzene rings is 2. The van der Waals surface area contributed by atoms with E-state index in [4.69, 9.17) is 14.5 Å². The number of hydrogen-bond donors (Lipinski definition) is 3. The van der Waals surface area contributed by atoms with Crippen LogP contribution >= 0.6 is 0 Å². The van der Waals surface area contributed by atoms with Crippen molar-refractivity contribution in [3.8, 4) is 0 Å². The molecule has 2 saturated heterocycles. The maximum atomic E-state index is 12.7. The van der Waals surface area contributed by atoms with Crippen molar-refractivity contribution in [2.75, 3.05) is 73.0 Å². The smallest absolute Gasteiger partial charge is 0.262 e. The molecule has 2 aromatic carbocycles. The van der Waals surface area contributed by atoms with Gasteiger partial charge in [0.1, 0.15) is 17.0 Å². The van der Waals surface area contributed by atoms with Gasteiger partial charge in [0.25, 0.3) is 5.56 Å². The van der Waals surface area contributed by atoms with Crippen LogP contribution in [0.25, 0.3) is 10.9 Å². The average molecular weight is 500 g/mol. The third-order valence-corrected chi connectivity index (χ3v) is 6.65. The third kappa shape index (κ3) is 5.20. The maximum absolute atomic E-state index is 12.7. The van der Waals surface area contributed by atoms with Crippen LogP contribution in [0.5, 0.6) is 0 Å². The summed E-state index contributed by atoms with van der Waals surface area (Å²) in [6.07, 6.45) is 1.41. The van der Waals surface area contributed by atoms with E-state index in [9.17, 15) is 4.79 Å². The lowest BCUT2D eigenvalue weighted by Gasteiger charge is -2.29. The molecule has 2 aliphatic rings. The molecule has 10 heteroatoms. The average Bonchev–Trinajstić information content (AvgIpc) is 2.95. The summed E-state index contributed by atoms with van der Waals surface area (Å²) in [6, 6.07) is 18.1. The van der Waals surface area contributed by atoms with Gasteiger partial charge < -0.3 is 34.9 Å². The second-order valence-electron chi connectivity index (χ2n) is 9.02. The van der Waals surface area contributed by atoms with Crippen molar-refractivity contribution in [1.29, 1.82) is 0 Å². The number of pyridine rings is 1. The number of anilines is 6. The lowest BCUT2D eigenvalue weighted by Crippen LogP contribution is -2.36. The molecule has 190 valence electrons. The number of morpholine rings is 2. The molecule has 3 N–H and O–H groups in total. The highest BCUT2D eigenvalue weighted by molar-refractivity contribution is 5.92. The monoisotopic (exact) mass is 499 g/mol. The lowest BCUT2D eigenvalue weighted by atomic mass is 10.2. The Morgan fingerprint density at radius 2 is 1.30 bits per heavy atom. The number of hydrogen-bond acceptors (Lipinski definition) is 9. The fourth-order valence-corrected chi connectivity index (χ4v) is 4.68. The number of nitrogens with one attached hydrogen (secondary N) is 3. The van der Waals surface area contributed by atoms with Crippen molar-refractivity contribution in [1.82, 2.24) is 15.0 Å². The topological polar surface area (TPSA) is 108 Å². The number of H-pyrrole nitrogens is 1. The Hall–Kier alpha value is -4.15. The summed E-state index contributed by atoms with van der Waals surface area (Å²) in [6.45, 7) is 6.51. The SMILES string of the molecule is O=c1[nH]cnc2cc(Nc3ccc(N4CCOCC4)cc3)nc(Nc3ccc(N4CCOCC4)cc3)c12. The zero-order valence-corrected chi connectivity index (χ0v) is 20.4. The first-order chi connectivity index (χ1) is 18.2. The van der Waals surface area contributed by atoms with E-state index in [1.807, 2.05) is 24.3 Å². The van der Waals surface area contributed by atoms with Crippen LogP contribution in [0.4, 0.5) is 34.4 Å². The summed E-state index contributed by atoms with van der Waals surface area (Å²) in [5, 5.41) is 7.09. The summed E-state index contributed by atoms with van der Waals surface area (Å²) in [5.74, 6) is 1.04. The summed E-state index contributed by atoms with van der Waals surface area (Å²) in [4.78, 5) is 29.1. The summed E-state index contributed by atoms with van der Waals surface area (Å²) >= 11 is 0. The summed E-state index contributed by atoms with van der Waals surface area (Å²) in [5.41, 5.74) is 4.35. The van der Waals surface area contributed by atoms with Gasteiger partial charge in [-0.3, -0.25) is 4.79 Å². The zero-order chi connectivity index (χ0) is 25.0. The Bertz CT molecular complexity index is 1410.